The van der Waals surface area contributed by atoms with Crippen molar-refractivity contribution in [3.63, 3.8) is 0 Å². The minimum atomic E-state index is -4.06. The van der Waals surface area contributed by atoms with Crippen molar-refractivity contribution in [1.29, 1.82) is 0 Å². The number of amides is 2. The maximum Gasteiger partial charge on any atom is 0.326 e. The van der Waals surface area contributed by atoms with Crippen molar-refractivity contribution in [2.75, 3.05) is 10.0 Å². The molecular formula is C25H21Cl2N3O8S. The molecule has 0 saturated carbocycles. The molecule has 0 bridgehead atoms. The number of carbonyl (C=O) groups is 4. The topological polar surface area (TPSA) is 179 Å². The van der Waals surface area contributed by atoms with Gasteiger partial charge in [0.15, 0.2) is 0 Å². The van der Waals surface area contributed by atoms with Crippen LogP contribution in [-0.4, -0.2) is 48.4 Å². The Kier molecular flexibility index (Phi) is 9.51. The summed E-state index contributed by atoms with van der Waals surface area (Å²) in [7, 11) is -4.06. The van der Waals surface area contributed by atoms with Crippen molar-refractivity contribution in [1.82, 2.24) is 5.32 Å². The molecule has 3 aromatic carbocycles. The van der Waals surface area contributed by atoms with E-state index in [4.69, 9.17) is 28.3 Å². The van der Waals surface area contributed by atoms with Gasteiger partial charge in [0.2, 0.25) is 0 Å². The van der Waals surface area contributed by atoms with Crippen molar-refractivity contribution in [3.05, 3.63) is 87.9 Å². The highest BCUT2D eigenvalue weighted by Gasteiger charge is 2.22. The summed E-state index contributed by atoms with van der Waals surface area (Å²) >= 11 is 11.9. The highest BCUT2D eigenvalue weighted by molar-refractivity contribution is 7.92. The predicted octanol–water partition coefficient (Wildman–Crippen LogP) is 4.09. The van der Waals surface area contributed by atoms with Crippen molar-refractivity contribution in [2.24, 2.45) is 0 Å². The maximum absolute atomic E-state index is 13.0. The number of carbonyl (C=O) groups excluding carboxylic acids is 2. The molecule has 0 radical (unpaired) electrons. The lowest BCUT2D eigenvalue weighted by molar-refractivity contribution is -0.140. The number of sulfonamides is 1. The number of anilines is 2. The van der Waals surface area contributed by atoms with Crippen LogP contribution in [0.4, 0.5) is 11.4 Å². The van der Waals surface area contributed by atoms with Crippen LogP contribution in [0.1, 0.15) is 33.6 Å². The summed E-state index contributed by atoms with van der Waals surface area (Å²) < 4.78 is 28.0. The Bertz CT molecular complexity index is 1510. The summed E-state index contributed by atoms with van der Waals surface area (Å²) in [6.45, 7) is 0. The number of halogens is 2. The highest BCUT2D eigenvalue weighted by atomic mass is 35.5. The molecule has 1 unspecified atom stereocenters. The molecule has 0 aliphatic heterocycles. The molecule has 0 saturated heterocycles. The van der Waals surface area contributed by atoms with E-state index in [0.29, 0.717) is 5.02 Å². The van der Waals surface area contributed by atoms with Crippen LogP contribution >= 0.6 is 23.2 Å². The molecule has 11 nitrogen and oxygen atoms in total. The number of hydrogen-bond donors (Lipinski definition) is 5. The molecule has 0 fully saturated rings. The largest absolute Gasteiger partial charge is 0.481 e. The smallest absolute Gasteiger partial charge is 0.326 e. The van der Waals surface area contributed by atoms with Crippen LogP contribution in [0.2, 0.25) is 10.0 Å². The van der Waals surface area contributed by atoms with Gasteiger partial charge in [0, 0.05) is 27.7 Å². The SMILES string of the molecule is O=C(O)CCC(NC(=O)c1ccc(NC(=O)c2cc(Cl)ccc2NS(=O)(=O)c2ccc(Cl)cc2)cc1)C(=O)O. The molecular weight excluding hydrogens is 573 g/mol. The van der Waals surface area contributed by atoms with Gasteiger partial charge in [0.05, 0.1) is 16.1 Å². The first-order chi connectivity index (χ1) is 18.4. The van der Waals surface area contributed by atoms with Crippen molar-refractivity contribution >= 4 is 68.4 Å². The molecule has 3 aromatic rings. The summed E-state index contributed by atoms with van der Waals surface area (Å²) in [6.07, 6.45) is -0.738. The fraction of sp³-hybridized carbons (Fsp3) is 0.120. The summed E-state index contributed by atoms with van der Waals surface area (Å²) in [5.74, 6) is -4.03. The number of carboxylic acid groups (broad SMARTS) is 2. The van der Waals surface area contributed by atoms with Crippen LogP contribution in [0.15, 0.2) is 71.6 Å². The minimum Gasteiger partial charge on any atom is -0.481 e. The van der Waals surface area contributed by atoms with Crippen LogP contribution in [0.25, 0.3) is 0 Å². The first kappa shape index (κ1) is 29.4. The van der Waals surface area contributed by atoms with Gasteiger partial charge in [-0.15, -0.1) is 0 Å². The van der Waals surface area contributed by atoms with Crippen LogP contribution in [0, 0.1) is 0 Å². The summed E-state index contributed by atoms with van der Waals surface area (Å²) in [6, 6.07) is 13.5. The lowest BCUT2D eigenvalue weighted by Crippen LogP contribution is -2.41. The summed E-state index contributed by atoms with van der Waals surface area (Å²) in [5.41, 5.74) is 0.186. The Labute approximate surface area is 232 Å². The third kappa shape index (κ3) is 8.18. The molecule has 204 valence electrons. The lowest BCUT2D eigenvalue weighted by atomic mass is 10.1. The second kappa shape index (κ2) is 12.6. The van der Waals surface area contributed by atoms with Gasteiger partial charge >= 0.3 is 11.9 Å². The second-order valence-electron chi connectivity index (χ2n) is 8.08. The Hall–Kier alpha value is -4.13. The van der Waals surface area contributed by atoms with E-state index in [2.05, 4.69) is 15.4 Å². The fourth-order valence-corrected chi connectivity index (χ4v) is 4.66. The van der Waals surface area contributed by atoms with E-state index in [9.17, 15) is 32.7 Å². The Morgan fingerprint density at radius 2 is 1.44 bits per heavy atom. The third-order valence-corrected chi connectivity index (χ3v) is 7.12. The maximum atomic E-state index is 13.0. The predicted molar refractivity (Wildman–Crippen MR) is 144 cm³/mol. The molecule has 2 amide bonds. The average Bonchev–Trinajstić information content (AvgIpc) is 2.87. The second-order valence-corrected chi connectivity index (χ2v) is 10.6. The number of hydrogen-bond acceptors (Lipinski definition) is 6. The standard InChI is InChI=1S/C25H21Cl2N3O8S/c26-15-3-8-18(9-4-15)39(37,38)30-20-10-5-16(27)13-19(20)24(34)28-17-6-1-14(2-7-17)23(33)29-21(25(35)36)11-12-22(31)32/h1-10,13,21,30H,11-12H2,(H,28,34)(H,29,33)(H,31,32)(H,35,36). The number of aliphatic carboxylic acids is 2. The van der Waals surface area contributed by atoms with Crippen LogP contribution in [0.3, 0.4) is 0 Å². The van der Waals surface area contributed by atoms with E-state index in [1.54, 1.807) is 0 Å². The summed E-state index contributed by atoms with van der Waals surface area (Å²) in [5, 5.41) is 23.3. The number of nitrogens with one attached hydrogen (secondary N) is 3. The van der Waals surface area contributed by atoms with Gasteiger partial charge in [-0.1, -0.05) is 23.2 Å². The normalized spacial score (nSPS) is 11.7. The van der Waals surface area contributed by atoms with E-state index in [-0.39, 0.29) is 38.8 Å². The Balaban J connectivity index is 1.74. The number of rotatable bonds is 11. The molecule has 0 spiro atoms. The van der Waals surface area contributed by atoms with Crippen LogP contribution in [0.5, 0.6) is 0 Å². The minimum absolute atomic E-state index is 0.0380. The molecule has 3 rings (SSSR count). The quantitative estimate of drug-likeness (QED) is 0.220. The first-order valence-electron chi connectivity index (χ1n) is 11.1. The summed E-state index contributed by atoms with van der Waals surface area (Å²) in [4.78, 5) is 47.4. The molecule has 39 heavy (non-hydrogen) atoms. The van der Waals surface area contributed by atoms with E-state index in [0.717, 1.165) is 0 Å². The van der Waals surface area contributed by atoms with E-state index < -0.39 is 46.2 Å². The van der Waals surface area contributed by atoms with Gasteiger partial charge in [0.25, 0.3) is 21.8 Å². The monoisotopic (exact) mass is 593 g/mol. The molecule has 5 N–H and O–H groups in total. The number of benzene rings is 3. The first-order valence-corrected chi connectivity index (χ1v) is 13.3. The van der Waals surface area contributed by atoms with E-state index in [1.807, 2.05) is 0 Å². The zero-order valence-corrected chi connectivity index (χ0v) is 22.2. The van der Waals surface area contributed by atoms with Crippen LogP contribution < -0.4 is 15.4 Å². The highest BCUT2D eigenvalue weighted by Crippen LogP contribution is 2.25. The van der Waals surface area contributed by atoms with Gasteiger partial charge in [-0.2, -0.15) is 0 Å². The zero-order valence-electron chi connectivity index (χ0n) is 19.9. The third-order valence-electron chi connectivity index (χ3n) is 5.25. The molecule has 0 aliphatic rings. The van der Waals surface area contributed by atoms with Gasteiger partial charge in [-0.05, 0) is 73.2 Å². The zero-order chi connectivity index (χ0) is 28.7. The lowest BCUT2D eigenvalue weighted by Gasteiger charge is -2.15. The van der Waals surface area contributed by atoms with E-state index in [1.165, 1.54) is 66.7 Å². The number of carboxylic acids is 2. The van der Waals surface area contributed by atoms with Gasteiger partial charge < -0.3 is 20.8 Å². The van der Waals surface area contributed by atoms with E-state index >= 15 is 0 Å². The molecule has 1 atom stereocenters. The average molecular weight is 594 g/mol. The Morgan fingerprint density at radius 3 is 2.03 bits per heavy atom. The Morgan fingerprint density at radius 1 is 0.821 bits per heavy atom. The van der Waals surface area contributed by atoms with Gasteiger partial charge in [0.1, 0.15) is 6.04 Å². The fourth-order valence-electron chi connectivity index (χ4n) is 3.28. The van der Waals surface area contributed by atoms with Gasteiger partial charge in [-0.3, -0.25) is 19.1 Å². The molecule has 0 heterocycles. The van der Waals surface area contributed by atoms with Crippen molar-refractivity contribution in [2.45, 2.75) is 23.8 Å². The van der Waals surface area contributed by atoms with Crippen LogP contribution in [-0.2, 0) is 19.6 Å². The van der Waals surface area contributed by atoms with Crippen molar-refractivity contribution in [3.8, 4) is 0 Å². The van der Waals surface area contributed by atoms with Crippen molar-refractivity contribution < 1.29 is 37.8 Å². The van der Waals surface area contributed by atoms with Gasteiger partial charge in [-0.25, -0.2) is 13.2 Å². The molecule has 0 aromatic heterocycles. The molecule has 0 aliphatic carbocycles. The molecule has 14 heteroatoms.